The molecule has 0 N–H and O–H groups in total. The first-order valence-electron chi connectivity index (χ1n) is 4.80. The molecule has 1 aromatic rings. The molecular weight excluding hydrogens is 255 g/mol. The van der Waals surface area contributed by atoms with E-state index in [1.54, 1.807) is 0 Å². The van der Waals surface area contributed by atoms with Gasteiger partial charge in [-0.05, 0) is 24.6 Å². The summed E-state index contributed by atoms with van der Waals surface area (Å²) in [6.45, 7) is 0.426. The summed E-state index contributed by atoms with van der Waals surface area (Å²) in [7, 11) is 1.63. The topological polar surface area (TPSA) is 43.4 Å². The van der Waals surface area contributed by atoms with Gasteiger partial charge in [-0.1, -0.05) is 0 Å². The van der Waals surface area contributed by atoms with Crippen LogP contribution in [-0.2, 0) is 9.05 Å². The highest BCUT2D eigenvalue weighted by Crippen LogP contribution is 2.35. The van der Waals surface area contributed by atoms with Gasteiger partial charge in [-0.2, -0.15) is 0 Å². The number of hydrogen-bond acceptors (Lipinski definition) is 3. The molecule has 88 valence electrons. The van der Waals surface area contributed by atoms with Crippen molar-refractivity contribution in [2.24, 2.45) is 0 Å². The lowest BCUT2D eigenvalue weighted by Crippen LogP contribution is -2.19. The summed E-state index contributed by atoms with van der Waals surface area (Å²) >= 11 is 0. The van der Waals surface area contributed by atoms with E-state index in [0.29, 0.717) is 24.3 Å². The molecule has 1 unspecified atom stereocenters. The van der Waals surface area contributed by atoms with Gasteiger partial charge in [0.15, 0.2) is 0 Å². The minimum absolute atomic E-state index is 0.186. The minimum atomic E-state index is -3.59. The van der Waals surface area contributed by atoms with Crippen molar-refractivity contribution < 1.29 is 17.5 Å². The van der Waals surface area contributed by atoms with Crippen molar-refractivity contribution in [1.29, 1.82) is 0 Å². The Morgan fingerprint density at radius 3 is 2.94 bits per heavy atom. The van der Waals surface area contributed by atoms with Crippen LogP contribution in [0.3, 0.4) is 0 Å². The summed E-state index contributed by atoms with van der Waals surface area (Å²) in [6, 6.07) is 4.11. The van der Waals surface area contributed by atoms with Gasteiger partial charge in [-0.3, -0.25) is 0 Å². The molecule has 1 aliphatic rings. The van der Waals surface area contributed by atoms with Crippen molar-refractivity contribution in [3.63, 3.8) is 0 Å². The second kappa shape index (κ2) is 4.22. The number of benzene rings is 1. The maximum atomic E-state index is 13.1. The standard InChI is InChI=1S/C10H10ClFO3S/c11-16(13,14)6-7-3-4-15-10-2-1-8(12)5-9(7)10/h1-2,5,7H,3-4,6H2. The quantitative estimate of drug-likeness (QED) is 0.770. The van der Waals surface area contributed by atoms with Crippen molar-refractivity contribution in [2.45, 2.75) is 12.3 Å². The van der Waals surface area contributed by atoms with Crippen LogP contribution in [0.5, 0.6) is 5.75 Å². The molecule has 1 atom stereocenters. The molecule has 1 heterocycles. The van der Waals surface area contributed by atoms with Gasteiger partial charge in [0.2, 0.25) is 9.05 Å². The van der Waals surface area contributed by atoms with Crippen molar-refractivity contribution in [3.05, 3.63) is 29.6 Å². The number of rotatable bonds is 2. The van der Waals surface area contributed by atoms with E-state index in [0.717, 1.165) is 0 Å². The molecule has 6 heteroatoms. The molecular formula is C10H10ClFO3S. The zero-order chi connectivity index (χ0) is 11.8. The highest BCUT2D eigenvalue weighted by Gasteiger charge is 2.26. The van der Waals surface area contributed by atoms with E-state index in [1.165, 1.54) is 18.2 Å². The molecule has 16 heavy (non-hydrogen) atoms. The Labute approximate surface area is 97.6 Å². The van der Waals surface area contributed by atoms with Gasteiger partial charge < -0.3 is 4.74 Å². The van der Waals surface area contributed by atoms with Crippen LogP contribution in [-0.4, -0.2) is 20.8 Å². The first-order chi connectivity index (χ1) is 7.46. The van der Waals surface area contributed by atoms with E-state index in [9.17, 15) is 12.8 Å². The Hall–Kier alpha value is -0.810. The molecule has 0 amide bonds. The highest BCUT2D eigenvalue weighted by molar-refractivity contribution is 8.13. The van der Waals surface area contributed by atoms with Crippen LogP contribution in [0.1, 0.15) is 17.9 Å². The molecule has 0 spiro atoms. The van der Waals surface area contributed by atoms with Crippen LogP contribution in [0.4, 0.5) is 4.39 Å². The lowest BCUT2D eigenvalue weighted by molar-refractivity contribution is 0.272. The second-order valence-electron chi connectivity index (χ2n) is 3.72. The Balaban J connectivity index is 2.35. The summed E-state index contributed by atoms with van der Waals surface area (Å²) in [5.74, 6) is -0.338. The van der Waals surface area contributed by atoms with E-state index in [4.69, 9.17) is 15.4 Å². The fourth-order valence-electron chi connectivity index (χ4n) is 1.85. The first kappa shape index (κ1) is 11.7. The fraction of sp³-hybridized carbons (Fsp3) is 0.400. The van der Waals surface area contributed by atoms with Gasteiger partial charge in [-0.25, -0.2) is 12.8 Å². The highest BCUT2D eigenvalue weighted by atomic mass is 35.7. The van der Waals surface area contributed by atoms with Gasteiger partial charge in [-0.15, -0.1) is 0 Å². The van der Waals surface area contributed by atoms with Crippen molar-refractivity contribution in [1.82, 2.24) is 0 Å². The summed E-state index contributed by atoms with van der Waals surface area (Å²) < 4.78 is 40.4. The van der Waals surface area contributed by atoms with E-state index >= 15 is 0 Å². The third-order valence-electron chi connectivity index (χ3n) is 2.54. The molecule has 1 aliphatic heterocycles. The predicted molar refractivity (Wildman–Crippen MR) is 58.9 cm³/mol. The maximum absolute atomic E-state index is 13.1. The third kappa shape index (κ3) is 2.65. The van der Waals surface area contributed by atoms with Gasteiger partial charge in [0.1, 0.15) is 11.6 Å². The smallest absolute Gasteiger partial charge is 0.233 e. The lowest BCUT2D eigenvalue weighted by atomic mass is 9.95. The summed E-state index contributed by atoms with van der Waals surface area (Å²) in [5, 5.41) is 0. The maximum Gasteiger partial charge on any atom is 0.233 e. The number of fused-ring (bicyclic) bond motifs is 1. The minimum Gasteiger partial charge on any atom is -0.493 e. The van der Waals surface area contributed by atoms with E-state index in [-0.39, 0.29) is 11.7 Å². The molecule has 0 saturated heterocycles. The van der Waals surface area contributed by atoms with E-state index in [1.807, 2.05) is 0 Å². The van der Waals surface area contributed by atoms with Gasteiger partial charge >= 0.3 is 0 Å². The molecule has 0 saturated carbocycles. The molecule has 0 aromatic heterocycles. The average Bonchev–Trinajstić information content (AvgIpc) is 2.17. The largest absolute Gasteiger partial charge is 0.493 e. The van der Waals surface area contributed by atoms with Gasteiger partial charge in [0.25, 0.3) is 0 Å². The monoisotopic (exact) mass is 264 g/mol. The molecule has 0 aliphatic carbocycles. The summed E-state index contributed by atoms with van der Waals surface area (Å²) in [5.41, 5.74) is 0.579. The number of ether oxygens (including phenoxy) is 1. The number of halogens is 2. The molecule has 0 fully saturated rings. The van der Waals surface area contributed by atoms with E-state index in [2.05, 4.69) is 0 Å². The molecule has 0 bridgehead atoms. The van der Waals surface area contributed by atoms with Crippen molar-refractivity contribution in [2.75, 3.05) is 12.4 Å². The van der Waals surface area contributed by atoms with Crippen molar-refractivity contribution >= 4 is 19.7 Å². The lowest BCUT2D eigenvalue weighted by Gasteiger charge is -2.24. The first-order valence-corrected chi connectivity index (χ1v) is 7.28. The molecule has 3 nitrogen and oxygen atoms in total. The van der Waals surface area contributed by atoms with Crippen LogP contribution >= 0.6 is 10.7 Å². The summed E-state index contributed by atoms with van der Waals surface area (Å²) in [6.07, 6.45) is 0.530. The SMILES string of the molecule is O=S(=O)(Cl)CC1CCOc2ccc(F)cc21. The Morgan fingerprint density at radius 2 is 2.25 bits per heavy atom. The Bertz CT molecular complexity index is 501. The molecule has 2 rings (SSSR count). The zero-order valence-corrected chi connectivity index (χ0v) is 9.89. The van der Waals surface area contributed by atoms with Crippen LogP contribution in [0.2, 0.25) is 0 Å². The van der Waals surface area contributed by atoms with E-state index < -0.39 is 14.9 Å². The van der Waals surface area contributed by atoms with Crippen LogP contribution < -0.4 is 4.74 Å². The number of hydrogen-bond donors (Lipinski definition) is 0. The van der Waals surface area contributed by atoms with Crippen molar-refractivity contribution in [3.8, 4) is 5.75 Å². The molecule has 0 radical (unpaired) electrons. The van der Waals surface area contributed by atoms with Crippen LogP contribution in [0.25, 0.3) is 0 Å². The second-order valence-corrected chi connectivity index (χ2v) is 6.54. The average molecular weight is 265 g/mol. The summed E-state index contributed by atoms with van der Waals surface area (Å²) in [4.78, 5) is 0. The van der Waals surface area contributed by atoms with Gasteiger partial charge in [0.05, 0.1) is 12.4 Å². The zero-order valence-electron chi connectivity index (χ0n) is 8.32. The Kier molecular flexibility index (Phi) is 3.08. The normalized spacial score (nSPS) is 20.0. The third-order valence-corrected chi connectivity index (χ3v) is 3.71. The van der Waals surface area contributed by atoms with Crippen LogP contribution in [0.15, 0.2) is 18.2 Å². The Morgan fingerprint density at radius 1 is 1.50 bits per heavy atom. The predicted octanol–water partition coefficient (Wildman–Crippen LogP) is 2.26. The van der Waals surface area contributed by atoms with Crippen LogP contribution in [0, 0.1) is 5.82 Å². The fourth-order valence-corrected chi connectivity index (χ4v) is 3.13. The van der Waals surface area contributed by atoms with Gasteiger partial charge in [0, 0.05) is 22.2 Å². The molecule has 1 aromatic carbocycles.